The van der Waals surface area contributed by atoms with Crippen LogP contribution in [0, 0.1) is 0 Å². The first kappa shape index (κ1) is 12.3. The summed E-state index contributed by atoms with van der Waals surface area (Å²) >= 11 is 0. The number of morpholine rings is 1. The summed E-state index contributed by atoms with van der Waals surface area (Å²) in [4.78, 5) is 2.48. The van der Waals surface area contributed by atoms with Crippen molar-refractivity contribution in [3.05, 3.63) is 0 Å². The highest BCUT2D eigenvalue weighted by molar-refractivity contribution is 4.78. The van der Waals surface area contributed by atoms with Gasteiger partial charge in [0, 0.05) is 26.2 Å². The molecule has 4 nitrogen and oxygen atoms in total. The van der Waals surface area contributed by atoms with Gasteiger partial charge in [-0.25, -0.2) is 0 Å². The third-order valence-electron chi connectivity index (χ3n) is 3.44. The summed E-state index contributed by atoms with van der Waals surface area (Å²) in [5.74, 6) is 0. The van der Waals surface area contributed by atoms with Crippen LogP contribution in [0.25, 0.3) is 0 Å². The number of nitrogens with one attached hydrogen (secondary N) is 1. The van der Waals surface area contributed by atoms with Crippen molar-refractivity contribution in [1.29, 1.82) is 0 Å². The average Bonchev–Trinajstić information content (AvgIpc) is 2.65. The van der Waals surface area contributed by atoms with E-state index in [4.69, 9.17) is 9.47 Å². The largest absolute Gasteiger partial charge is 0.374 e. The number of nitrogens with zero attached hydrogens (tertiary/aromatic N) is 1. The Morgan fingerprint density at radius 3 is 2.88 bits per heavy atom. The SMILES string of the molecule is CNCC1CN(CC2CCC(C)O2)CCO1. The van der Waals surface area contributed by atoms with Gasteiger partial charge in [-0.05, 0) is 26.8 Å². The molecule has 2 fully saturated rings. The molecule has 0 aliphatic carbocycles. The van der Waals surface area contributed by atoms with Crippen molar-refractivity contribution in [3.63, 3.8) is 0 Å². The van der Waals surface area contributed by atoms with E-state index in [-0.39, 0.29) is 0 Å². The fourth-order valence-corrected chi connectivity index (χ4v) is 2.60. The zero-order chi connectivity index (χ0) is 11.4. The summed E-state index contributed by atoms with van der Waals surface area (Å²) in [6, 6.07) is 0. The number of hydrogen-bond acceptors (Lipinski definition) is 4. The van der Waals surface area contributed by atoms with Crippen LogP contribution >= 0.6 is 0 Å². The van der Waals surface area contributed by atoms with Gasteiger partial charge < -0.3 is 14.8 Å². The van der Waals surface area contributed by atoms with Crippen molar-refractivity contribution in [2.45, 2.75) is 38.1 Å². The Labute approximate surface area is 98.3 Å². The number of ether oxygens (including phenoxy) is 2. The molecule has 0 aromatic carbocycles. The molecule has 4 heteroatoms. The molecule has 0 amide bonds. The van der Waals surface area contributed by atoms with E-state index >= 15 is 0 Å². The fraction of sp³-hybridized carbons (Fsp3) is 1.00. The molecular weight excluding hydrogens is 204 g/mol. The third kappa shape index (κ3) is 3.42. The summed E-state index contributed by atoms with van der Waals surface area (Å²) in [6.45, 7) is 7.13. The van der Waals surface area contributed by atoms with Crippen LogP contribution in [0.1, 0.15) is 19.8 Å². The average molecular weight is 228 g/mol. The molecular formula is C12H24N2O2. The summed E-state index contributed by atoms with van der Waals surface area (Å²) in [6.07, 6.45) is 3.68. The molecule has 2 saturated heterocycles. The monoisotopic (exact) mass is 228 g/mol. The van der Waals surface area contributed by atoms with E-state index in [1.807, 2.05) is 7.05 Å². The molecule has 2 rings (SSSR count). The Balaban J connectivity index is 1.72. The van der Waals surface area contributed by atoms with Gasteiger partial charge in [0.25, 0.3) is 0 Å². The van der Waals surface area contributed by atoms with Crippen molar-refractivity contribution in [2.24, 2.45) is 0 Å². The molecule has 0 bridgehead atoms. The normalized spacial score (nSPS) is 36.8. The minimum atomic E-state index is 0.345. The molecule has 2 aliphatic rings. The zero-order valence-corrected chi connectivity index (χ0v) is 10.4. The molecule has 16 heavy (non-hydrogen) atoms. The lowest BCUT2D eigenvalue weighted by atomic mass is 10.2. The summed E-state index contributed by atoms with van der Waals surface area (Å²) in [5.41, 5.74) is 0. The Morgan fingerprint density at radius 1 is 1.31 bits per heavy atom. The van der Waals surface area contributed by atoms with Crippen molar-refractivity contribution >= 4 is 0 Å². The van der Waals surface area contributed by atoms with Crippen LogP contribution in [-0.2, 0) is 9.47 Å². The van der Waals surface area contributed by atoms with Crippen LogP contribution in [0.3, 0.4) is 0 Å². The van der Waals surface area contributed by atoms with Crippen LogP contribution in [0.15, 0.2) is 0 Å². The summed E-state index contributed by atoms with van der Waals surface area (Å²) < 4.78 is 11.6. The molecule has 0 aromatic rings. The second-order valence-electron chi connectivity index (χ2n) is 4.96. The van der Waals surface area contributed by atoms with Crippen molar-refractivity contribution in [2.75, 3.05) is 39.8 Å². The highest BCUT2D eigenvalue weighted by Crippen LogP contribution is 2.20. The molecule has 0 saturated carbocycles. The maximum Gasteiger partial charge on any atom is 0.0826 e. The van der Waals surface area contributed by atoms with Crippen LogP contribution in [0.2, 0.25) is 0 Å². The lowest BCUT2D eigenvalue weighted by molar-refractivity contribution is -0.0465. The van der Waals surface area contributed by atoms with E-state index in [0.29, 0.717) is 18.3 Å². The van der Waals surface area contributed by atoms with Crippen LogP contribution < -0.4 is 5.32 Å². The molecule has 0 spiro atoms. The van der Waals surface area contributed by atoms with Gasteiger partial charge in [-0.1, -0.05) is 0 Å². The third-order valence-corrected chi connectivity index (χ3v) is 3.44. The van der Waals surface area contributed by atoms with E-state index in [2.05, 4.69) is 17.1 Å². The number of hydrogen-bond donors (Lipinski definition) is 1. The van der Waals surface area contributed by atoms with Crippen LogP contribution in [0.5, 0.6) is 0 Å². The van der Waals surface area contributed by atoms with Gasteiger partial charge in [-0.15, -0.1) is 0 Å². The van der Waals surface area contributed by atoms with Gasteiger partial charge in [-0.3, -0.25) is 4.90 Å². The Bertz CT molecular complexity index is 211. The van der Waals surface area contributed by atoms with E-state index in [1.165, 1.54) is 12.8 Å². The lowest BCUT2D eigenvalue weighted by Crippen LogP contribution is -2.48. The van der Waals surface area contributed by atoms with Gasteiger partial charge in [0.05, 0.1) is 24.9 Å². The fourth-order valence-electron chi connectivity index (χ4n) is 2.60. The molecule has 1 N–H and O–H groups in total. The minimum Gasteiger partial charge on any atom is -0.374 e. The van der Waals surface area contributed by atoms with Crippen LogP contribution in [-0.4, -0.2) is 63.0 Å². The van der Waals surface area contributed by atoms with Gasteiger partial charge in [-0.2, -0.15) is 0 Å². The molecule has 2 heterocycles. The second-order valence-corrected chi connectivity index (χ2v) is 4.96. The van der Waals surface area contributed by atoms with E-state index < -0.39 is 0 Å². The van der Waals surface area contributed by atoms with Gasteiger partial charge >= 0.3 is 0 Å². The zero-order valence-electron chi connectivity index (χ0n) is 10.4. The maximum atomic E-state index is 5.86. The summed E-state index contributed by atoms with van der Waals surface area (Å²) in [7, 11) is 1.98. The van der Waals surface area contributed by atoms with Gasteiger partial charge in [0.1, 0.15) is 0 Å². The maximum absolute atomic E-state index is 5.86. The number of likely N-dealkylation sites (N-methyl/N-ethyl adjacent to an activating group) is 1. The van der Waals surface area contributed by atoms with Crippen molar-refractivity contribution < 1.29 is 9.47 Å². The molecule has 0 aromatic heterocycles. The summed E-state index contributed by atoms with van der Waals surface area (Å²) in [5, 5.41) is 3.18. The second kappa shape index (κ2) is 5.96. The van der Waals surface area contributed by atoms with Gasteiger partial charge in [0.15, 0.2) is 0 Å². The molecule has 2 aliphatic heterocycles. The van der Waals surface area contributed by atoms with E-state index in [0.717, 1.165) is 32.8 Å². The predicted octanol–water partition coefficient (Wildman–Crippen LogP) is 0.474. The molecule has 94 valence electrons. The molecule has 3 unspecified atom stereocenters. The first-order valence-corrected chi connectivity index (χ1v) is 6.42. The Morgan fingerprint density at radius 2 is 2.19 bits per heavy atom. The van der Waals surface area contributed by atoms with Crippen molar-refractivity contribution in [3.8, 4) is 0 Å². The number of rotatable bonds is 4. The van der Waals surface area contributed by atoms with Gasteiger partial charge in [0.2, 0.25) is 0 Å². The highest BCUT2D eigenvalue weighted by atomic mass is 16.5. The Kier molecular flexibility index (Phi) is 4.58. The predicted molar refractivity (Wildman–Crippen MR) is 63.7 cm³/mol. The quantitative estimate of drug-likeness (QED) is 0.758. The Hall–Kier alpha value is -0.160. The lowest BCUT2D eigenvalue weighted by Gasteiger charge is -2.34. The molecule has 3 atom stereocenters. The first-order chi connectivity index (χ1) is 7.78. The minimum absolute atomic E-state index is 0.345. The highest BCUT2D eigenvalue weighted by Gasteiger charge is 2.26. The smallest absolute Gasteiger partial charge is 0.0826 e. The van der Waals surface area contributed by atoms with Crippen LogP contribution in [0.4, 0.5) is 0 Å². The topological polar surface area (TPSA) is 33.7 Å². The van der Waals surface area contributed by atoms with Crippen molar-refractivity contribution in [1.82, 2.24) is 10.2 Å². The van der Waals surface area contributed by atoms with E-state index in [1.54, 1.807) is 0 Å². The first-order valence-electron chi connectivity index (χ1n) is 6.42. The van der Waals surface area contributed by atoms with E-state index in [9.17, 15) is 0 Å². The molecule has 0 radical (unpaired) electrons. The standard InChI is InChI=1S/C12H24N2O2/c1-10-3-4-11(16-10)8-14-5-6-15-12(9-14)7-13-2/h10-13H,3-9H2,1-2H3.